The van der Waals surface area contributed by atoms with E-state index in [4.69, 9.17) is 0 Å². The normalized spacial score (nSPS) is 18.1. The number of carbonyl (C=O) groups is 1. The second-order valence-corrected chi connectivity index (χ2v) is 10.3. The molecule has 2 rings (SSSR count). The largest absolute Gasteiger partial charge is 0.351 e. The molecule has 1 aliphatic rings. The first kappa shape index (κ1) is 18.4. The van der Waals surface area contributed by atoms with Gasteiger partial charge in [-0.25, -0.2) is 8.42 Å². The number of nitrogens with zero attached hydrogens (tertiary/aromatic N) is 1. The number of sulfonamides is 1. The molecule has 0 unspecified atom stereocenters. The van der Waals surface area contributed by atoms with Gasteiger partial charge in [0.25, 0.3) is 10.0 Å². The minimum Gasteiger partial charge on any atom is -0.351 e. The Morgan fingerprint density at radius 1 is 1.30 bits per heavy atom. The van der Waals surface area contributed by atoms with Gasteiger partial charge in [0.2, 0.25) is 5.91 Å². The van der Waals surface area contributed by atoms with E-state index < -0.39 is 10.0 Å². The van der Waals surface area contributed by atoms with Crippen LogP contribution >= 0.6 is 11.3 Å². The van der Waals surface area contributed by atoms with Crippen LogP contribution in [-0.2, 0) is 21.2 Å². The average Bonchev–Trinajstić information content (AvgIpc) is 2.95. The summed E-state index contributed by atoms with van der Waals surface area (Å²) in [6.07, 6.45) is 2.00. The third-order valence-electron chi connectivity index (χ3n) is 3.90. The smallest absolute Gasteiger partial charge is 0.252 e. The highest BCUT2D eigenvalue weighted by atomic mass is 32.2. The van der Waals surface area contributed by atoms with Crippen molar-refractivity contribution in [3.8, 4) is 0 Å². The number of aryl methyl sites for hydroxylation is 1. The molecule has 0 atom stereocenters. The third-order valence-corrected chi connectivity index (χ3v) is 7.50. The second-order valence-electron chi connectivity index (χ2n) is 6.99. The maximum Gasteiger partial charge on any atom is 0.252 e. The molecule has 0 radical (unpaired) electrons. The van der Waals surface area contributed by atoms with E-state index in [-0.39, 0.29) is 17.4 Å². The van der Waals surface area contributed by atoms with Crippen LogP contribution in [0.15, 0.2) is 16.3 Å². The Hall–Kier alpha value is -0.920. The highest BCUT2D eigenvalue weighted by molar-refractivity contribution is 7.91. The van der Waals surface area contributed by atoms with Crippen molar-refractivity contribution >= 4 is 27.3 Å². The fraction of sp³-hybridized carbons (Fsp3) is 0.688. The Morgan fingerprint density at radius 3 is 2.39 bits per heavy atom. The maximum atomic E-state index is 12.7. The number of nitrogens with one attached hydrogen (secondary N) is 1. The zero-order valence-electron chi connectivity index (χ0n) is 14.3. The van der Waals surface area contributed by atoms with Crippen molar-refractivity contribution < 1.29 is 13.2 Å². The predicted octanol–water partition coefficient (Wildman–Crippen LogP) is 2.63. The molecule has 2 heterocycles. The van der Waals surface area contributed by atoms with Crippen LogP contribution in [0.25, 0.3) is 0 Å². The summed E-state index contributed by atoms with van der Waals surface area (Å²) in [5.41, 5.74) is -0.256. The summed E-state index contributed by atoms with van der Waals surface area (Å²) in [7, 11) is -3.42. The monoisotopic (exact) mass is 358 g/mol. The van der Waals surface area contributed by atoms with Crippen molar-refractivity contribution in [2.75, 3.05) is 13.1 Å². The molecule has 1 saturated heterocycles. The van der Waals surface area contributed by atoms with E-state index in [2.05, 4.69) is 5.32 Å². The molecule has 7 heteroatoms. The van der Waals surface area contributed by atoms with Crippen LogP contribution in [0.3, 0.4) is 0 Å². The Bertz CT molecular complexity index is 651. The zero-order valence-corrected chi connectivity index (χ0v) is 15.9. The molecule has 1 aromatic rings. The highest BCUT2D eigenvalue weighted by Gasteiger charge is 2.33. The maximum absolute atomic E-state index is 12.7. The molecular formula is C16H26N2O3S2. The minimum atomic E-state index is -3.42. The van der Waals surface area contributed by atoms with E-state index in [9.17, 15) is 13.2 Å². The van der Waals surface area contributed by atoms with Crippen molar-refractivity contribution in [3.05, 3.63) is 17.0 Å². The van der Waals surface area contributed by atoms with Crippen molar-refractivity contribution in [2.45, 2.75) is 56.7 Å². The molecule has 1 amide bonds. The fourth-order valence-electron chi connectivity index (χ4n) is 2.64. The van der Waals surface area contributed by atoms with Crippen molar-refractivity contribution in [2.24, 2.45) is 5.92 Å². The summed E-state index contributed by atoms with van der Waals surface area (Å²) < 4.78 is 27.2. The number of hydrogen-bond donors (Lipinski definition) is 1. The van der Waals surface area contributed by atoms with E-state index in [1.807, 2.05) is 33.8 Å². The molecule has 23 heavy (non-hydrogen) atoms. The van der Waals surface area contributed by atoms with E-state index in [1.165, 1.54) is 15.6 Å². The zero-order chi connectivity index (χ0) is 17.3. The van der Waals surface area contributed by atoms with Crippen LogP contribution < -0.4 is 5.32 Å². The molecule has 0 saturated carbocycles. The van der Waals surface area contributed by atoms with Gasteiger partial charge in [-0.2, -0.15) is 4.31 Å². The van der Waals surface area contributed by atoms with Gasteiger partial charge in [-0.3, -0.25) is 4.79 Å². The quantitative estimate of drug-likeness (QED) is 0.900. The van der Waals surface area contributed by atoms with Crippen molar-refractivity contribution in [1.82, 2.24) is 9.62 Å². The van der Waals surface area contributed by atoms with Gasteiger partial charge in [0.05, 0.1) is 0 Å². The van der Waals surface area contributed by atoms with Crippen molar-refractivity contribution in [1.29, 1.82) is 0 Å². The summed E-state index contributed by atoms with van der Waals surface area (Å²) in [6.45, 7) is 8.68. The van der Waals surface area contributed by atoms with Crippen LogP contribution in [0.1, 0.15) is 45.4 Å². The lowest BCUT2D eigenvalue weighted by atomic mass is 9.96. The molecule has 130 valence electrons. The number of piperidine rings is 1. The Balaban J connectivity index is 1.99. The number of hydrogen-bond acceptors (Lipinski definition) is 4. The molecule has 0 bridgehead atoms. The van der Waals surface area contributed by atoms with Crippen LogP contribution in [0.4, 0.5) is 0 Å². The standard InChI is InChI=1S/C16H26N2O3S2/c1-5-13-6-7-14(22-13)23(20,21)18-10-8-12(9-11-18)15(19)17-16(2,3)4/h6-7,12H,5,8-11H2,1-4H3,(H,17,19). The fourth-order valence-corrected chi connectivity index (χ4v) is 5.56. The van der Waals surface area contributed by atoms with Gasteiger partial charge in [-0.05, 0) is 52.2 Å². The van der Waals surface area contributed by atoms with Crippen LogP contribution in [-0.4, -0.2) is 37.3 Å². The van der Waals surface area contributed by atoms with Gasteiger partial charge in [0.1, 0.15) is 4.21 Å². The minimum absolute atomic E-state index is 0.0268. The molecule has 0 aliphatic carbocycles. The summed E-state index contributed by atoms with van der Waals surface area (Å²) in [5, 5.41) is 2.98. The van der Waals surface area contributed by atoms with Gasteiger partial charge in [-0.15, -0.1) is 11.3 Å². The number of carbonyl (C=O) groups excluding carboxylic acids is 1. The molecule has 0 aromatic carbocycles. The number of rotatable bonds is 4. The van der Waals surface area contributed by atoms with Crippen LogP contribution in [0.2, 0.25) is 0 Å². The Labute approximate surface area is 143 Å². The SMILES string of the molecule is CCc1ccc(S(=O)(=O)N2CCC(C(=O)NC(C)(C)C)CC2)s1. The first-order valence-electron chi connectivity index (χ1n) is 8.04. The van der Waals surface area contributed by atoms with Gasteiger partial charge in [-0.1, -0.05) is 6.92 Å². The summed E-state index contributed by atoms with van der Waals surface area (Å²) in [5.74, 6) is -0.0749. The van der Waals surface area contributed by atoms with Crippen LogP contribution in [0.5, 0.6) is 0 Å². The second kappa shape index (κ2) is 6.91. The topological polar surface area (TPSA) is 66.5 Å². The van der Waals surface area contributed by atoms with Gasteiger partial charge in [0.15, 0.2) is 0 Å². The van der Waals surface area contributed by atoms with E-state index in [1.54, 1.807) is 6.07 Å². The summed E-state index contributed by atoms with van der Waals surface area (Å²) >= 11 is 1.34. The average molecular weight is 359 g/mol. The van der Waals surface area contributed by atoms with E-state index >= 15 is 0 Å². The third kappa shape index (κ3) is 4.55. The molecule has 1 aromatic heterocycles. The molecule has 1 aliphatic heterocycles. The number of thiophene rings is 1. The Morgan fingerprint density at radius 2 is 1.91 bits per heavy atom. The lowest BCUT2D eigenvalue weighted by molar-refractivity contribution is -0.127. The van der Waals surface area contributed by atoms with Gasteiger partial charge < -0.3 is 5.32 Å². The van der Waals surface area contributed by atoms with E-state index in [0.717, 1.165) is 11.3 Å². The van der Waals surface area contributed by atoms with Gasteiger partial charge >= 0.3 is 0 Å². The first-order chi connectivity index (χ1) is 10.6. The number of amides is 1. The van der Waals surface area contributed by atoms with Crippen LogP contribution in [0, 0.1) is 5.92 Å². The van der Waals surface area contributed by atoms with Gasteiger partial charge in [0, 0.05) is 29.4 Å². The molecule has 0 spiro atoms. The Kier molecular flexibility index (Phi) is 5.53. The van der Waals surface area contributed by atoms with Crippen molar-refractivity contribution in [3.63, 3.8) is 0 Å². The summed E-state index contributed by atoms with van der Waals surface area (Å²) in [4.78, 5) is 13.3. The molecular weight excluding hydrogens is 332 g/mol. The molecule has 5 nitrogen and oxygen atoms in total. The highest BCUT2D eigenvalue weighted by Crippen LogP contribution is 2.28. The lowest BCUT2D eigenvalue weighted by Crippen LogP contribution is -2.47. The van der Waals surface area contributed by atoms with E-state index in [0.29, 0.717) is 30.1 Å². The summed E-state index contributed by atoms with van der Waals surface area (Å²) in [6, 6.07) is 3.57. The first-order valence-corrected chi connectivity index (χ1v) is 10.3. The molecule has 1 fully saturated rings. The lowest BCUT2D eigenvalue weighted by Gasteiger charge is -2.32. The molecule has 1 N–H and O–H groups in total. The predicted molar refractivity (Wildman–Crippen MR) is 93.1 cm³/mol.